The van der Waals surface area contributed by atoms with Crippen LogP contribution in [0.5, 0.6) is 0 Å². The van der Waals surface area contributed by atoms with Crippen molar-refractivity contribution in [3.05, 3.63) is 212 Å². The molecule has 0 saturated heterocycles. The third-order valence-electron chi connectivity index (χ3n) is 10.5. The molecule has 0 unspecified atom stereocenters. The van der Waals surface area contributed by atoms with Gasteiger partial charge in [-0.3, -0.25) is 0 Å². The molecule has 0 radical (unpaired) electrons. The van der Waals surface area contributed by atoms with E-state index in [2.05, 4.69) is 217 Å². The van der Waals surface area contributed by atoms with Gasteiger partial charge in [-0.25, -0.2) is 0 Å². The molecule has 9 aromatic carbocycles. The van der Waals surface area contributed by atoms with Gasteiger partial charge in [0.25, 0.3) is 0 Å². The van der Waals surface area contributed by atoms with Crippen LogP contribution in [0.4, 0.5) is 17.1 Å². The van der Waals surface area contributed by atoms with Crippen molar-refractivity contribution in [1.29, 1.82) is 0 Å². The van der Waals surface area contributed by atoms with Gasteiger partial charge in [-0.2, -0.15) is 0 Å². The average Bonchev–Trinajstić information content (AvgIpc) is 3.64. The van der Waals surface area contributed by atoms with Gasteiger partial charge in [0.1, 0.15) is 0 Å². The normalized spacial score (nSPS) is 11.3. The number of anilines is 3. The topological polar surface area (TPSA) is 3.24 Å². The van der Waals surface area contributed by atoms with Crippen LogP contribution in [0.1, 0.15) is 0 Å². The molecule has 0 saturated carbocycles. The number of thiophene rings is 1. The minimum absolute atomic E-state index is 1.10. The Labute approximate surface area is 319 Å². The molecule has 0 atom stereocenters. The molecule has 0 spiro atoms. The molecule has 0 N–H and O–H groups in total. The lowest BCUT2D eigenvalue weighted by atomic mass is 9.93. The van der Waals surface area contributed by atoms with Crippen LogP contribution in [0.15, 0.2) is 212 Å². The Kier molecular flexibility index (Phi) is 8.09. The van der Waals surface area contributed by atoms with E-state index in [1.807, 2.05) is 11.3 Å². The van der Waals surface area contributed by atoms with Gasteiger partial charge < -0.3 is 4.90 Å². The molecule has 0 bridgehead atoms. The van der Waals surface area contributed by atoms with Crippen LogP contribution in [-0.2, 0) is 0 Å². The molecule has 1 nitrogen and oxygen atoms in total. The Morgan fingerprint density at radius 3 is 1.54 bits per heavy atom. The van der Waals surface area contributed by atoms with Crippen molar-refractivity contribution in [2.75, 3.05) is 4.90 Å². The molecule has 254 valence electrons. The van der Waals surface area contributed by atoms with Crippen molar-refractivity contribution in [3.8, 4) is 44.5 Å². The first-order valence-corrected chi connectivity index (χ1v) is 19.2. The maximum absolute atomic E-state index is 2.45. The summed E-state index contributed by atoms with van der Waals surface area (Å²) in [6.07, 6.45) is 0. The van der Waals surface area contributed by atoms with Crippen LogP contribution in [0.25, 0.3) is 75.5 Å². The highest BCUT2D eigenvalue weighted by atomic mass is 32.1. The lowest BCUT2D eigenvalue weighted by molar-refractivity contribution is 1.30. The van der Waals surface area contributed by atoms with E-state index >= 15 is 0 Å². The van der Waals surface area contributed by atoms with Crippen LogP contribution in [0.2, 0.25) is 0 Å². The Morgan fingerprint density at radius 1 is 0.315 bits per heavy atom. The van der Waals surface area contributed by atoms with Crippen molar-refractivity contribution >= 4 is 59.3 Å². The van der Waals surface area contributed by atoms with Gasteiger partial charge >= 0.3 is 0 Å². The molecule has 54 heavy (non-hydrogen) atoms. The molecule has 0 aliphatic rings. The van der Waals surface area contributed by atoms with Crippen molar-refractivity contribution in [1.82, 2.24) is 0 Å². The first kappa shape index (κ1) is 32.0. The first-order valence-electron chi connectivity index (χ1n) is 18.4. The SMILES string of the molecule is c1ccc(-c2cc(-c3ccccc3)cc(-c3ccc(N(c4ccccc4-c4cccc5sc6ccccc6c45)c4cccc5ccccc45)cc3)c2)cc1. The molecule has 0 aliphatic heterocycles. The fourth-order valence-electron chi connectivity index (χ4n) is 7.90. The lowest BCUT2D eigenvalue weighted by Crippen LogP contribution is -2.11. The van der Waals surface area contributed by atoms with Gasteiger partial charge in [-0.15, -0.1) is 11.3 Å². The van der Waals surface area contributed by atoms with Gasteiger partial charge in [-0.05, 0) is 98.9 Å². The summed E-state index contributed by atoms with van der Waals surface area (Å²) >= 11 is 1.86. The first-order chi connectivity index (χ1) is 26.8. The Morgan fingerprint density at radius 2 is 0.815 bits per heavy atom. The smallest absolute Gasteiger partial charge is 0.0540 e. The summed E-state index contributed by atoms with van der Waals surface area (Å²) in [5.41, 5.74) is 13.0. The van der Waals surface area contributed by atoms with E-state index in [4.69, 9.17) is 0 Å². The summed E-state index contributed by atoms with van der Waals surface area (Å²) < 4.78 is 2.61. The van der Waals surface area contributed by atoms with E-state index in [9.17, 15) is 0 Å². The number of fused-ring (bicyclic) bond motifs is 4. The maximum atomic E-state index is 2.45. The summed E-state index contributed by atoms with van der Waals surface area (Å²) in [6, 6.07) is 77.2. The lowest BCUT2D eigenvalue weighted by Gasteiger charge is -2.29. The summed E-state index contributed by atoms with van der Waals surface area (Å²) in [7, 11) is 0. The predicted octanol–water partition coefficient (Wildman–Crippen LogP) is 15.3. The molecule has 1 heterocycles. The van der Waals surface area contributed by atoms with Crippen LogP contribution in [0.3, 0.4) is 0 Å². The molecule has 1 aromatic heterocycles. The molecule has 0 fully saturated rings. The zero-order valence-electron chi connectivity index (χ0n) is 29.6. The van der Waals surface area contributed by atoms with Crippen LogP contribution >= 0.6 is 11.3 Å². The van der Waals surface area contributed by atoms with Crippen LogP contribution < -0.4 is 4.90 Å². The van der Waals surface area contributed by atoms with Gasteiger partial charge in [0, 0.05) is 36.8 Å². The van der Waals surface area contributed by atoms with Gasteiger partial charge in [0.15, 0.2) is 0 Å². The van der Waals surface area contributed by atoms with Gasteiger partial charge in [0.05, 0.1) is 11.4 Å². The minimum Gasteiger partial charge on any atom is -0.309 e. The fraction of sp³-hybridized carbons (Fsp3) is 0. The zero-order chi connectivity index (χ0) is 35.8. The molecule has 10 rings (SSSR count). The Balaban J connectivity index is 1.16. The third kappa shape index (κ3) is 5.74. The van der Waals surface area contributed by atoms with Gasteiger partial charge in [-0.1, -0.05) is 158 Å². The van der Waals surface area contributed by atoms with Crippen LogP contribution in [-0.4, -0.2) is 0 Å². The molecule has 2 heteroatoms. The molecular weight excluding hydrogens is 671 g/mol. The summed E-state index contributed by atoms with van der Waals surface area (Å²) in [5.74, 6) is 0. The van der Waals surface area contributed by atoms with Crippen LogP contribution in [0, 0.1) is 0 Å². The Bertz CT molecular complexity index is 2860. The van der Waals surface area contributed by atoms with Crippen molar-refractivity contribution < 1.29 is 0 Å². The second-order valence-electron chi connectivity index (χ2n) is 13.7. The highest BCUT2D eigenvalue weighted by Crippen LogP contribution is 2.47. The minimum atomic E-state index is 1.10. The van der Waals surface area contributed by atoms with E-state index in [0.717, 1.165) is 17.1 Å². The predicted molar refractivity (Wildman–Crippen MR) is 233 cm³/mol. The largest absolute Gasteiger partial charge is 0.309 e. The highest BCUT2D eigenvalue weighted by molar-refractivity contribution is 7.25. The maximum Gasteiger partial charge on any atom is 0.0540 e. The van der Waals surface area contributed by atoms with Crippen molar-refractivity contribution in [3.63, 3.8) is 0 Å². The van der Waals surface area contributed by atoms with E-state index < -0.39 is 0 Å². The highest BCUT2D eigenvalue weighted by Gasteiger charge is 2.21. The summed E-state index contributed by atoms with van der Waals surface area (Å²) in [5, 5.41) is 5.04. The monoisotopic (exact) mass is 705 g/mol. The number of hydrogen-bond acceptors (Lipinski definition) is 2. The summed E-state index contributed by atoms with van der Waals surface area (Å²) in [4.78, 5) is 2.45. The number of rotatable bonds is 7. The van der Waals surface area contributed by atoms with Gasteiger partial charge in [0.2, 0.25) is 0 Å². The van der Waals surface area contributed by atoms with Crippen molar-refractivity contribution in [2.24, 2.45) is 0 Å². The van der Waals surface area contributed by atoms with Crippen molar-refractivity contribution in [2.45, 2.75) is 0 Å². The standard InChI is InChI=1S/C52H35NS/c1-3-15-36(16-4-1)40-33-41(37-17-5-2-6-18-37)35-42(34-40)38-29-31-43(32-30-38)53(48-26-13-20-39-19-7-8-21-44(39)48)49-25-11-9-22-45(49)46-24-14-28-51-52(46)47-23-10-12-27-50(47)54-51/h1-35H. The van der Waals surface area contributed by atoms with E-state index in [0.29, 0.717) is 0 Å². The average molecular weight is 706 g/mol. The molecular formula is C52H35NS. The molecule has 0 amide bonds. The number of nitrogens with zero attached hydrogens (tertiary/aromatic N) is 1. The fourth-order valence-corrected chi connectivity index (χ4v) is 9.03. The number of para-hydroxylation sites is 1. The Hall–Kier alpha value is -6.74. The zero-order valence-corrected chi connectivity index (χ0v) is 30.4. The second-order valence-corrected chi connectivity index (χ2v) is 14.8. The number of hydrogen-bond donors (Lipinski definition) is 0. The van der Waals surface area contributed by atoms with E-state index in [-0.39, 0.29) is 0 Å². The molecule has 0 aliphatic carbocycles. The number of benzene rings is 9. The van der Waals surface area contributed by atoms with E-state index in [1.54, 1.807) is 0 Å². The second kappa shape index (κ2) is 13.7. The molecule has 10 aromatic rings. The van der Waals surface area contributed by atoms with E-state index in [1.165, 1.54) is 75.5 Å². The quantitative estimate of drug-likeness (QED) is 0.160. The third-order valence-corrected chi connectivity index (χ3v) is 11.6. The summed E-state index contributed by atoms with van der Waals surface area (Å²) in [6.45, 7) is 0.